The summed E-state index contributed by atoms with van der Waals surface area (Å²) in [5, 5.41) is 1.14. The zero-order chi connectivity index (χ0) is 21.0. The largest absolute Gasteiger partial charge is 0.368 e. The van der Waals surface area contributed by atoms with Gasteiger partial charge in [0, 0.05) is 32.7 Å². The van der Waals surface area contributed by atoms with Crippen molar-refractivity contribution in [1.82, 2.24) is 9.80 Å². The van der Waals surface area contributed by atoms with Gasteiger partial charge >= 0.3 is 0 Å². The van der Waals surface area contributed by atoms with Crippen LogP contribution in [0.1, 0.15) is 13.3 Å². The summed E-state index contributed by atoms with van der Waals surface area (Å²) < 4.78 is 0. The van der Waals surface area contributed by atoms with E-state index in [-0.39, 0.29) is 17.4 Å². The van der Waals surface area contributed by atoms with Crippen molar-refractivity contribution in [3.05, 3.63) is 51.5 Å². The Bertz CT molecular complexity index is 909. The number of halogens is 2. The molecule has 29 heavy (non-hydrogen) atoms. The van der Waals surface area contributed by atoms with Gasteiger partial charge in [-0.3, -0.25) is 19.4 Å². The van der Waals surface area contributed by atoms with Gasteiger partial charge in [0.15, 0.2) is 0 Å². The highest BCUT2D eigenvalue weighted by Gasteiger charge is 2.35. The quantitative estimate of drug-likeness (QED) is 0.511. The molecule has 2 aliphatic heterocycles. The number of piperazine rings is 1. The minimum atomic E-state index is -0.369. The molecule has 0 bridgehead atoms. The molecule has 5 nitrogen and oxygen atoms in total. The van der Waals surface area contributed by atoms with Gasteiger partial charge in [0.2, 0.25) is 0 Å². The monoisotopic (exact) mass is 431 g/mol. The van der Waals surface area contributed by atoms with Crippen LogP contribution in [0, 0.1) is 12.3 Å². The molecule has 152 valence electrons. The molecule has 7 heteroatoms. The Labute approximate surface area is 181 Å². The SMILES string of the molecule is C#CC1=C(C=CC)C(=O)N(CCCN2CCN(c3cccc(Cl)c3Cl)CC2)C1=O. The molecule has 0 aliphatic carbocycles. The van der Waals surface area contributed by atoms with E-state index in [9.17, 15) is 9.59 Å². The number of hydrogen-bond donors (Lipinski definition) is 0. The second kappa shape index (κ2) is 9.49. The van der Waals surface area contributed by atoms with Gasteiger partial charge in [-0.2, -0.15) is 0 Å². The molecule has 1 aromatic rings. The van der Waals surface area contributed by atoms with E-state index in [0.29, 0.717) is 28.6 Å². The molecule has 3 rings (SSSR count). The number of rotatable bonds is 6. The molecule has 0 unspecified atom stereocenters. The molecule has 0 spiro atoms. The fourth-order valence-corrected chi connectivity index (χ4v) is 4.08. The van der Waals surface area contributed by atoms with Gasteiger partial charge in [0.25, 0.3) is 11.8 Å². The van der Waals surface area contributed by atoms with Crippen molar-refractivity contribution >= 4 is 40.7 Å². The average Bonchev–Trinajstić information content (AvgIpc) is 2.94. The lowest BCUT2D eigenvalue weighted by molar-refractivity contribution is -0.137. The topological polar surface area (TPSA) is 43.9 Å². The van der Waals surface area contributed by atoms with Crippen molar-refractivity contribution in [2.75, 3.05) is 44.2 Å². The predicted molar refractivity (Wildman–Crippen MR) is 117 cm³/mol. The minimum Gasteiger partial charge on any atom is -0.368 e. The molecular weight excluding hydrogens is 409 g/mol. The Hall–Kier alpha value is -2.26. The Morgan fingerprint density at radius 3 is 2.48 bits per heavy atom. The van der Waals surface area contributed by atoms with E-state index in [1.165, 1.54) is 4.90 Å². The molecule has 0 saturated carbocycles. The number of imide groups is 1. The second-order valence-electron chi connectivity index (χ2n) is 6.95. The van der Waals surface area contributed by atoms with Crippen molar-refractivity contribution in [1.29, 1.82) is 0 Å². The van der Waals surface area contributed by atoms with Crippen molar-refractivity contribution in [2.45, 2.75) is 13.3 Å². The fourth-order valence-electron chi connectivity index (χ4n) is 3.66. The summed E-state index contributed by atoms with van der Waals surface area (Å²) in [5.41, 5.74) is 1.42. The van der Waals surface area contributed by atoms with Crippen molar-refractivity contribution in [3.63, 3.8) is 0 Å². The molecule has 1 aromatic carbocycles. The van der Waals surface area contributed by atoms with Crippen molar-refractivity contribution in [3.8, 4) is 12.3 Å². The number of terminal acetylenes is 1. The van der Waals surface area contributed by atoms with Gasteiger partial charge in [0.1, 0.15) is 5.57 Å². The maximum absolute atomic E-state index is 12.5. The van der Waals surface area contributed by atoms with Crippen LogP contribution in [0.25, 0.3) is 0 Å². The lowest BCUT2D eigenvalue weighted by Gasteiger charge is -2.36. The highest BCUT2D eigenvalue weighted by atomic mass is 35.5. The van der Waals surface area contributed by atoms with Crippen LogP contribution in [0.15, 0.2) is 41.5 Å². The summed E-state index contributed by atoms with van der Waals surface area (Å²) in [7, 11) is 0. The first-order chi connectivity index (χ1) is 14.0. The van der Waals surface area contributed by atoms with E-state index in [0.717, 1.165) is 38.4 Å². The molecule has 0 radical (unpaired) electrons. The van der Waals surface area contributed by atoms with Crippen LogP contribution in [0.2, 0.25) is 10.0 Å². The number of benzene rings is 1. The smallest absolute Gasteiger partial charge is 0.270 e. The Morgan fingerprint density at radius 1 is 1.10 bits per heavy atom. The third-order valence-corrected chi connectivity index (χ3v) is 5.99. The molecular formula is C22H23Cl2N3O2. The van der Waals surface area contributed by atoms with Gasteiger partial charge in [-0.15, -0.1) is 6.42 Å². The van der Waals surface area contributed by atoms with Gasteiger partial charge in [-0.1, -0.05) is 47.3 Å². The number of hydrogen-bond acceptors (Lipinski definition) is 4. The first kappa shape index (κ1) is 21.4. The zero-order valence-corrected chi connectivity index (χ0v) is 17.8. The average molecular weight is 432 g/mol. The molecule has 2 amide bonds. The zero-order valence-electron chi connectivity index (χ0n) is 16.3. The predicted octanol–water partition coefficient (Wildman–Crippen LogP) is 3.38. The van der Waals surface area contributed by atoms with Gasteiger partial charge < -0.3 is 4.90 Å². The van der Waals surface area contributed by atoms with E-state index >= 15 is 0 Å². The molecule has 0 N–H and O–H groups in total. The highest BCUT2D eigenvalue weighted by Crippen LogP contribution is 2.32. The lowest BCUT2D eigenvalue weighted by Crippen LogP contribution is -2.47. The van der Waals surface area contributed by atoms with Crippen molar-refractivity contribution in [2.24, 2.45) is 0 Å². The maximum atomic E-state index is 12.5. The molecule has 1 saturated heterocycles. The lowest BCUT2D eigenvalue weighted by atomic mass is 10.1. The number of carbonyl (C=O) groups is 2. The summed E-state index contributed by atoms with van der Waals surface area (Å²) in [5.74, 6) is 1.68. The van der Waals surface area contributed by atoms with E-state index in [2.05, 4.69) is 15.7 Å². The van der Waals surface area contributed by atoms with Crippen LogP contribution < -0.4 is 4.90 Å². The third-order valence-electron chi connectivity index (χ3n) is 5.18. The number of allylic oxidation sites excluding steroid dienone is 1. The Balaban J connectivity index is 1.49. The number of carbonyl (C=O) groups excluding carboxylic acids is 2. The molecule has 1 fully saturated rings. The van der Waals surface area contributed by atoms with Gasteiger partial charge in [-0.05, 0) is 32.0 Å². The summed E-state index contributed by atoms with van der Waals surface area (Å²) in [6, 6.07) is 5.67. The van der Waals surface area contributed by atoms with Crippen LogP contribution in [-0.2, 0) is 9.59 Å². The van der Waals surface area contributed by atoms with Crippen LogP contribution in [0.5, 0.6) is 0 Å². The number of nitrogens with zero attached hydrogens (tertiary/aromatic N) is 3. The standard InChI is InChI=1S/C22H23Cl2N3O2/c1-3-7-17-16(4-2)21(28)27(22(17)29)11-6-10-25-12-14-26(15-13-25)19-9-5-8-18(23)20(19)24/h2-3,5,7-9H,6,10-15H2,1H3. The number of anilines is 1. The first-order valence-corrected chi connectivity index (χ1v) is 10.3. The van der Waals surface area contributed by atoms with Crippen LogP contribution in [0.4, 0.5) is 5.69 Å². The number of amides is 2. The summed E-state index contributed by atoms with van der Waals surface area (Å²) in [6.07, 6.45) is 9.45. The fraction of sp³-hybridized carbons (Fsp3) is 0.364. The summed E-state index contributed by atoms with van der Waals surface area (Å²) in [4.78, 5) is 30.7. The van der Waals surface area contributed by atoms with Crippen LogP contribution in [0.3, 0.4) is 0 Å². The van der Waals surface area contributed by atoms with Crippen molar-refractivity contribution < 1.29 is 9.59 Å². The van der Waals surface area contributed by atoms with E-state index in [1.54, 1.807) is 25.1 Å². The van der Waals surface area contributed by atoms with Gasteiger partial charge in [-0.25, -0.2) is 0 Å². The van der Waals surface area contributed by atoms with Crippen LogP contribution >= 0.6 is 23.2 Å². The first-order valence-electron chi connectivity index (χ1n) is 9.59. The molecule has 0 atom stereocenters. The Kier molecular flexibility index (Phi) is 7.02. The van der Waals surface area contributed by atoms with Crippen LogP contribution in [-0.4, -0.2) is 60.9 Å². The minimum absolute atomic E-state index is 0.153. The highest BCUT2D eigenvalue weighted by molar-refractivity contribution is 6.43. The summed E-state index contributed by atoms with van der Waals surface area (Å²) >= 11 is 12.4. The normalized spacial score (nSPS) is 18.3. The second-order valence-corrected chi connectivity index (χ2v) is 7.74. The maximum Gasteiger partial charge on any atom is 0.270 e. The summed E-state index contributed by atoms with van der Waals surface area (Å²) in [6.45, 7) is 6.40. The van der Waals surface area contributed by atoms with E-state index in [4.69, 9.17) is 29.6 Å². The Morgan fingerprint density at radius 2 is 1.83 bits per heavy atom. The third kappa shape index (κ3) is 4.51. The molecule has 0 aromatic heterocycles. The van der Waals surface area contributed by atoms with Gasteiger partial charge in [0.05, 0.1) is 21.3 Å². The van der Waals surface area contributed by atoms with E-state index < -0.39 is 0 Å². The molecule has 2 aliphatic rings. The van der Waals surface area contributed by atoms with E-state index in [1.807, 2.05) is 12.1 Å². The molecule has 2 heterocycles.